The molecule has 1 amide bonds. The van der Waals surface area contributed by atoms with E-state index in [1.54, 1.807) is 6.20 Å². The molecule has 2 heterocycles. The Labute approximate surface area is 173 Å². The number of nitrogens with one attached hydrogen (secondary N) is 1. The van der Waals surface area contributed by atoms with Crippen LogP contribution in [0.1, 0.15) is 52.4 Å². The van der Waals surface area contributed by atoms with Gasteiger partial charge in [-0.3, -0.25) is 4.79 Å². The molecule has 0 unspecified atom stereocenters. The van der Waals surface area contributed by atoms with Crippen LogP contribution in [0.4, 0.5) is 4.39 Å². The molecule has 4 rings (SSSR count). The van der Waals surface area contributed by atoms with Gasteiger partial charge in [-0.05, 0) is 45.4 Å². The molecule has 0 spiro atoms. The summed E-state index contributed by atoms with van der Waals surface area (Å²) in [6.45, 7) is 3.90. The van der Waals surface area contributed by atoms with Gasteiger partial charge in [-0.25, -0.2) is 9.97 Å². The van der Waals surface area contributed by atoms with Crippen molar-refractivity contribution in [3.8, 4) is 11.1 Å². The summed E-state index contributed by atoms with van der Waals surface area (Å²) in [5, 5.41) is 3.30. The Morgan fingerprint density at radius 1 is 1.21 bits per heavy atom. The summed E-state index contributed by atoms with van der Waals surface area (Å²) in [4.78, 5) is 19.5. The van der Waals surface area contributed by atoms with E-state index in [9.17, 15) is 9.18 Å². The van der Waals surface area contributed by atoms with Crippen molar-refractivity contribution in [1.82, 2.24) is 15.3 Å². The maximum Gasteiger partial charge on any atom is 0.274 e. The number of nitrogens with zero attached hydrogens (tertiary/aromatic N) is 2. The molecule has 2 saturated carbocycles. The minimum atomic E-state index is -0.465. The van der Waals surface area contributed by atoms with Crippen molar-refractivity contribution in [2.75, 3.05) is 6.61 Å². The van der Waals surface area contributed by atoms with E-state index >= 15 is 0 Å². The van der Waals surface area contributed by atoms with Crippen LogP contribution in [0, 0.1) is 5.82 Å². The van der Waals surface area contributed by atoms with Crippen molar-refractivity contribution < 1.29 is 23.4 Å². The molecule has 2 fully saturated rings. The lowest BCUT2D eigenvalue weighted by molar-refractivity contribution is -0.120. The van der Waals surface area contributed by atoms with E-state index < -0.39 is 5.82 Å². The van der Waals surface area contributed by atoms with Crippen LogP contribution < -0.4 is 14.8 Å². The summed E-state index contributed by atoms with van der Waals surface area (Å²) >= 11 is 1.20. The van der Waals surface area contributed by atoms with Gasteiger partial charge >= 0.3 is 0 Å². The van der Waals surface area contributed by atoms with Crippen molar-refractivity contribution in [3.05, 3.63) is 12.0 Å². The number of fused-ring (bicyclic) bond motifs is 1. The molecule has 7 nitrogen and oxygen atoms in total. The molecule has 0 aromatic carbocycles. The number of amides is 1. The summed E-state index contributed by atoms with van der Waals surface area (Å²) in [5.74, 6) is -0.493. The Kier molecular flexibility index (Phi) is 6.15. The van der Waals surface area contributed by atoms with E-state index in [-0.39, 0.29) is 36.1 Å². The van der Waals surface area contributed by atoms with Crippen molar-refractivity contribution in [3.63, 3.8) is 0 Å². The Balaban J connectivity index is 1.29. The van der Waals surface area contributed by atoms with Crippen LogP contribution in [-0.2, 0) is 9.53 Å². The third-order valence-corrected chi connectivity index (χ3v) is 6.00. The van der Waals surface area contributed by atoms with Gasteiger partial charge in [0.05, 0.1) is 18.9 Å². The summed E-state index contributed by atoms with van der Waals surface area (Å²) in [6.07, 6.45) is 7.10. The number of pyridine rings is 1. The molecule has 29 heavy (non-hydrogen) atoms. The highest BCUT2D eigenvalue weighted by Crippen LogP contribution is 2.36. The summed E-state index contributed by atoms with van der Waals surface area (Å²) in [5.41, 5.74) is 0.501. The zero-order valence-electron chi connectivity index (χ0n) is 16.7. The predicted octanol–water partition coefficient (Wildman–Crippen LogP) is 3.60. The molecule has 2 aliphatic rings. The molecular weight excluding hydrogens is 397 g/mol. The van der Waals surface area contributed by atoms with Gasteiger partial charge in [0.2, 0.25) is 11.7 Å². The van der Waals surface area contributed by atoms with Gasteiger partial charge in [-0.1, -0.05) is 11.3 Å². The number of ether oxygens (including phenoxy) is 3. The first-order valence-electron chi connectivity index (χ1n) is 10.1. The van der Waals surface area contributed by atoms with E-state index in [0.29, 0.717) is 22.0 Å². The van der Waals surface area contributed by atoms with Crippen LogP contribution in [-0.4, -0.2) is 46.8 Å². The van der Waals surface area contributed by atoms with Gasteiger partial charge in [0.1, 0.15) is 22.4 Å². The smallest absolute Gasteiger partial charge is 0.274 e. The lowest BCUT2D eigenvalue weighted by Crippen LogP contribution is -2.37. The fraction of sp³-hybridized carbons (Fsp3) is 0.650. The van der Waals surface area contributed by atoms with Gasteiger partial charge in [-0.2, -0.15) is 4.39 Å². The van der Waals surface area contributed by atoms with Gasteiger partial charge in [-0.15, -0.1) is 0 Å². The molecule has 0 aliphatic heterocycles. The molecular formula is C20H26FN3O4S. The fourth-order valence-electron chi connectivity index (χ4n) is 3.43. The second-order valence-electron chi connectivity index (χ2n) is 7.84. The minimum Gasteiger partial charge on any atom is -0.472 e. The number of hydrogen-bond donors (Lipinski definition) is 1. The molecule has 1 atom stereocenters. The normalized spacial score (nSPS) is 23.0. The molecule has 0 saturated heterocycles. The number of thiazole rings is 1. The first-order valence-corrected chi connectivity index (χ1v) is 11.0. The maximum atomic E-state index is 14.8. The standard InChI is InChI=1S/C20H26FN3O4S/c1-11(23-12(2)25)10-26-13-3-5-14(6-4-13)27-19-17(21)18-16(9-22-19)24-20(29-18)28-15-7-8-15/h9,11,13-15H,3-8,10H2,1-2H3,(H,23,25)/t11-,13?,14?/m0/s1. The molecule has 2 aromatic rings. The van der Waals surface area contributed by atoms with Crippen LogP contribution in [0.3, 0.4) is 0 Å². The van der Waals surface area contributed by atoms with E-state index in [1.165, 1.54) is 18.3 Å². The molecule has 2 aliphatic carbocycles. The SMILES string of the molecule is CC(=O)N[C@@H](C)COC1CCC(Oc2ncc3nc(OC4CC4)sc3c2F)CC1. The van der Waals surface area contributed by atoms with Crippen LogP contribution in [0.15, 0.2) is 6.20 Å². The molecule has 2 aromatic heterocycles. The average Bonchev–Trinajstić information content (AvgIpc) is 3.39. The second kappa shape index (κ2) is 8.79. The third kappa shape index (κ3) is 5.33. The zero-order valence-corrected chi connectivity index (χ0v) is 17.5. The molecule has 1 N–H and O–H groups in total. The Hall–Kier alpha value is -2.00. The Bertz CT molecular complexity index is 865. The average molecular weight is 424 g/mol. The predicted molar refractivity (Wildman–Crippen MR) is 107 cm³/mol. The summed E-state index contributed by atoms with van der Waals surface area (Å²) in [7, 11) is 0. The van der Waals surface area contributed by atoms with Crippen molar-refractivity contribution in [1.29, 1.82) is 0 Å². The minimum absolute atomic E-state index is 0.0142. The van der Waals surface area contributed by atoms with Crippen molar-refractivity contribution in [2.24, 2.45) is 0 Å². The number of halogens is 1. The highest BCUT2D eigenvalue weighted by atomic mass is 32.1. The van der Waals surface area contributed by atoms with E-state index in [0.717, 1.165) is 38.5 Å². The number of aromatic nitrogens is 2. The lowest BCUT2D eigenvalue weighted by atomic mass is 9.95. The third-order valence-electron chi connectivity index (χ3n) is 5.05. The number of carbonyl (C=O) groups excluding carboxylic acids is 1. The van der Waals surface area contributed by atoms with Crippen LogP contribution in [0.5, 0.6) is 11.1 Å². The monoisotopic (exact) mass is 423 g/mol. The largest absolute Gasteiger partial charge is 0.472 e. The topological polar surface area (TPSA) is 82.6 Å². The number of rotatable bonds is 8. The quantitative estimate of drug-likeness (QED) is 0.699. The highest BCUT2D eigenvalue weighted by Gasteiger charge is 2.27. The van der Waals surface area contributed by atoms with E-state index in [1.807, 2.05) is 6.92 Å². The molecule has 0 bridgehead atoms. The van der Waals surface area contributed by atoms with Crippen molar-refractivity contribution in [2.45, 2.75) is 76.7 Å². The summed E-state index contributed by atoms with van der Waals surface area (Å²) in [6, 6.07) is -0.0142. The highest BCUT2D eigenvalue weighted by molar-refractivity contribution is 7.20. The van der Waals surface area contributed by atoms with E-state index in [4.69, 9.17) is 14.2 Å². The first kappa shape index (κ1) is 20.3. The van der Waals surface area contributed by atoms with Crippen LogP contribution in [0.2, 0.25) is 0 Å². The lowest BCUT2D eigenvalue weighted by Gasteiger charge is -2.29. The van der Waals surface area contributed by atoms with Crippen LogP contribution in [0.25, 0.3) is 10.2 Å². The maximum absolute atomic E-state index is 14.8. The van der Waals surface area contributed by atoms with Gasteiger partial charge in [0, 0.05) is 13.0 Å². The molecule has 9 heteroatoms. The molecule has 0 radical (unpaired) electrons. The van der Waals surface area contributed by atoms with Crippen molar-refractivity contribution >= 4 is 27.5 Å². The van der Waals surface area contributed by atoms with Crippen LogP contribution >= 0.6 is 11.3 Å². The Morgan fingerprint density at radius 3 is 2.55 bits per heavy atom. The second-order valence-corrected chi connectivity index (χ2v) is 8.80. The summed E-state index contributed by atoms with van der Waals surface area (Å²) < 4.78 is 32.7. The molecule has 158 valence electrons. The number of carbonyl (C=O) groups is 1. The Morgan fingerprint density at radius 2 is 1.86 bits per heavy atom. The van der Waals surface area contributed by atoms with Gasteiger partial charge < -0.3 is 19.5 Å². The number of hydrogen-bond acceptors (Lipinski definition) is 7. The first-order chi connectivity index (χ1) is 14.0. The van der Waals surface area contributed by atoms with Gasteiger partial charge in [0.15, 0.2) is 0 Å². The van der Waals surface area contributed by atoms with E-state index in [2.05, 4.69) is 15.3 Å². The zero-order chi connectivity index (χ0) is 20.4. The van der Waals surface area contributed by atoms with Gasteiger partial charge in [0.25, 0.3) is 11.1 Å². The fourth-order valence-corrected chi connectivity index (χ4v) is 4.32.